The molecule has 0 amide bonds. The van der Waals surface area contributed by atoms with Crippen LogP contribution in [-0.4, -0.2) is 11.0 Å². The SMILES string of the molecule is CC1(C)C(N)C1c1ccc([N+](=O)[O-])cc1Br. The van der Waals surface area contributed by atoms with Crippen LogP contribution in [0.3, 0.4) is 0 Å². The van der Waals surface area contributed by atoms with Crippen LogP contribution in [-0.2, 0) is 0 Å². The summed E-state index contributed by atoms with van der Waals surface area (Å²) in [6, 6.07) is 4.99. The van der Waals surface area contributed by atoms with Gasteiger partial charge in [0, 0.05) is 28.6 Å². The van der Waals surface area contributed by atoms with Crippen molar-refractivity contribution in [1.82, 2.24) is 0 Å². The maximum atomic E-state index is 10.6. The Bertz CT molecular complexity index is 459. The molecule has 1 fully saturated rings. The van der Waals surface area contributed by atoms with Gasteiger partial charge < -0.3 is 5.73 Å². The van der Waals surface area contributed by atoms with Crippen LogP contribution in [0.4, 0.5) is 5.69 Å². The molecule has 0 saturated heterocycles. The summed E-state index contributed by atoms with van der Waals surface area (Å²) < 4.78 is 0.771. The van der Waals surface area contributed by atoms with E-state index in [1.807, 2.05) is 0 Å². The second-order valence-electron chi connectivity index (χ2n) is 4.79. The number of nitro groups is 1. The van der Waals surface area contributed by atoms with Gasteiger partial charge in [0.2, 0.25) is 0 Å². The summed E-state index contributed by atoms with van der Waals surface area (Å²) in [6.45, 7) is 4.21. The van der Waals surface area contributed by atoms with Crippen LogP contribution in [0.25, 0.3) is 0 Å². The van der Waals surface area contributed by atoms with E-state index >= 15 is 0 Å². The molecule has 0 aromatic heterocycles. The molecule has 5 heteroatoms. The zero-order chi connectivity index (χ0) is 12.1. The molecular formula is C11H13BrN2O2. The van der Waals surface area contributed by atoms with E-state index in [0.717, 1.165) is 10.0 Å². The fourth-order valence-corrected chi connectivity index (χ4v) is 2.77. The smallest absolute Gasteiger partial charge is 0.270 e. The van der Waals surface area contributed by atoms with Crippen molar-refractivity contribution in [3.05, 3.63) is 38.3 Å². The molecule has 0 heterocycles. The normalized spacial score (nSPS) is 26.5. The number of non-ortho nitro benzene ring substituents is 1. The second-order valence-corrected chi connectivity index (χ2v) is 5.64. The first-order valence-electron chi connectivity index (χ1n) is 5.05. The molecule has 0 bridgehead atoms. The topological polar surface area (TPSA) is 69.2 Å². The Hall–Kier alpha value is -0.940. The van der Waals surface area contributed by atoms with E-state index in [1.165, 1.54) is 12.1 Å². The van der Waals surface area contributed by atoms with Crippen molar-refractivity contribution in [2.45, 2.75) is 25.8 Å². The predicted octanol–water partition coefficient (Wildman–Crippen LogP) is 2.81. The third-order valence-electron chi connectivity index (χ3n) is 3.44. The van der Waals surface area contributed by atoms with Gasteiger partial charge in [0.05, 0.1) is 4.92 Å². The number of hydrogen-bond donors (Lipinski definition) is 1. The lowest BCUT2D eigenvalue weighted by molar-refractivity contribution is -0.384. The molecule has 1 saturated carbocycles. The van der Waals surface area contributed by atoms with E-state index in [-0.39, 0.29) is 23.1 Å². The number of halogens is 1. The van der Waals surface area contributed by atoms with E-state index in [2.05, 4.69) is 29.8 Å². The van der Waals surface area contributed by atoms with Crippen molar-refractivity contribution in [2.24, 2.45) is 11.1 Å². The highest BCUT2D eigenvalue weighted by molar-refractivity contribution is 9.10. The number of benzene rings is 1. The fourth-order valence-electron chi connectivity index (χ4n) is 2.15. The monoisotopic (exact) mass is 284 g/mol. The van der Waals surface area contributed by atoms with Crippen molar-refractivity contribution in [3.63, 3.8) is 0 Å². The molecule has 2 rings (SSSR count). The van der Waals surface area contributed by atoms with Gasteiger partial charge in [0.15, 0.2) is 0 Å². The fraction of sp³-hybridized carbons (Fsp3) is 0.455. The molecule has 2 N–H and O–H groups in total. The van der Waals surface area contributed by atoms with Crippen LogP contribution in [0.1, 0.15) is 25.3 Å². The zero-order valence-corrected chi connectivity index (χ0v) is 10.7. The number of rotatable bonds is 2. The minimum absolute atomic E-state index is 0.0820. The number of nitro benzene ring substituents is 1. The van der Waals surface area contributed by atoms with Crippen LogP contribution in [0.5, 0.6) is 0 Å². The van der Waals surface area contributed by atoms with E-state index in [1.54, 1.807) is 6.07 Å². The van der Waals surface area contributed by atoms with Crippen molar-refractivity contribution in [1.29, 1.82) is 0 Å². The van der Waals surface area contributed by atoms with Crippen molar-refractivity contribution < 1.29 is 4.92 Å². The van der Waals surface area contributed by atoms with E-state index in [4.69, 9.17) is 5.73 Å². The van der Waals surface area contributed by atoms with Crippen LogP contribution >= 0.6 is 15.9 Å². The van der Waals surface area contributed by atoms with Gasteiger partial charge in [-0.15, -0.1) is 0 Å². The molecule has 0 radical (unpaired) electrons. The first-order valence-corrected chi connectivity index (χ1v) is 5.84. The molecule has 0 spiro atoms. The average Bonchev–Trinajstić information content (AvgIpc) is 2.67. The third kappa shape index (κ3) is 1.64. The van der Waals surface area contributed by atoms with Crippen molar-refractivity contribution in [2.75, 3.05) is 0 Å². The zero-order valence-electron chi connectivity index (χ0n) is 9.11. The molecule has 2 atom stereocenters. The van der Waals surface area contributed by atoms with E-state index in [0.29, 0.717) is 0 Å². The molecular weight excluding hydrogens is 272 g/mol. The van der Waals surface area contributed by atoms with Crippen LogP contribution < -0.4 is 5.73 Å². The van der Waals surface area contributed by atoms with Gasteiger partial charge in [0.25, 0.3) is 5.69 Å². The summed E-state index contributed by atoms with van der Waals surface area (Å²) in [7, 11) is 0. The molecule has 4 nitrogen and oxygen atoms in total. The van der Waals surface area contributed by atoms with E-state index in [9.17, 15) is 10.1 Å². The summed E-state index contributed by atoms with van der Waals surface area (Å²) in [5.74, 6) is 0.280. The number of nitrogens with two attached hydrogens (primary N) is 1. The molecule has 2 unspecified atom stereocenters. The van der Waals surface area contributed by atoms with Gasteiger partial charge in [-0.3, -0.25) is 10.1 Å². The first kappa shape index (κ1) is 11.5. The molecule has 1 aromatic carbocycles. The highest BCUT2D eigenvalue weighted by Crippen LogP contribution is 2.58. The van der Waals surface area contributed by atoms with Gasteiger partial charge in [-0.2, -0.15) is 0 Å². The minimum atomic E-state index is -0.396. The molecule has 16 heavy (non-hydrogen) atoms. The largest absolute Gasteiger partial charge is 0.327 e. The van der Waals surface area contributed by atoms with E-state index < -0.39 is 4.92 Å². The Morgan fingerprint density at radius 2 is 2.06 bits per heavy atom. The highest BCUT2D eigenvalue weighted by Gasteiger charge is 2.56. The summed E-state index contributed by atoms with van der Waals surface area (Å²) in [6.07, 6.45) is 0. The molecule has 1 aliphatic rings. The van der Waals surface area contributed by atoms with Crippen LogP contribution in [0.2, 0.25) is 0 Å². The second kappa shape index (κ2) is 3.53. The Kier molecular flexibility index (Phi) is 2.55. The van der Waals surface area contributed by atoms with Gasteiger partial charge in [-0.05, 0) is 11.0 Å². The van der Waals surface area contributed by atoms with Crippen molar-refractivity contribution >= 4 is 21.6 Å². The molecule has 1 aromatic rings. The Balaban J connectivity index is 2.35. The summed E-state index contributed by atoms with van der Waals surface area (Å²) >= 11 is 3.38. The Morgan fingerprint density at radius 3 is 2.44 bits per heavy atom. The molecule has 0 aliphatic heterocycles. The lowest BCUT2D eigenvalue weighted by atomic mass is 10.0. The van der Waals surface area contributed by atoms with Gasteiger partial charge in [0.1, 0.15) is 0 Å². The Morgan fingerprint density at radius 1 is 1.50 bits per heavy atom. The average molecular weight is 285 g/mol. The molecule has 86 valence electrons. The third-order valence-corrected chi connectivity index (χ3v) is 4.13. The first-order chi connectivity index (χ1) is 7.35. The summed E-state index contributed by atoms with van der Waals surface area (Å²) in [4.78, 5) is 10.2. The lowest BCUT2D eigenvalue weighted by Gasteiger charge is -2.05. The van der Waals surface area contributed by atoms with Crippen molar-refractivity contribution in [3.8, 4) is 0 Å². The van der Waals surface area contributed by atoms with Gasteiger partial charge in [-0.25, -0.2) is 0 Å². The van der Waals surface area contributed by atoms with Gasteiger partial charge >= 0.3 is 0 Å². The number of hydrogen-bond acceptors (Lipinski definition) is 3. The highest BCUT2D eigenvalue weighted by atomic mass is 79.9. The number of nitrogens with zero attached hydrogens (tertiary/aromatic N) is 1. The maximum absolute atomic E-state index is 10.6. The predicted molar refractivity (Wildman–Crippen MR) is 65.3 cm³/mol. The quantitative estimate of drug-likeness (QED) is 0.671. The van der Waals surface area contributed by atoms with Gasteiger partial charge in [-0.1, -0.05) is 35.8 Å². The standard InChI is InChI=1S/C11H13BrN2O2/c1-11(2)9(10(11)13)7-4-3-6(14(15)16)5-8(7)12/h3-5,9-10H,13H2,1-2H3. The minimum Gasteiger partial charge on any atom is -0.327 e. The Labute approximate surface area is 102 Å². The summed E-state index contributed by atoms with van der Waals surface area (Å²) in [5, 5.41) is 10.6. The van der Waals surface area contributed by atoms with Crippen LogP contribution in [0, 0.1) is 15.5 Å². The maximum Gasteiger partial charge on any atom is 0.270 e. The summed E-state index contributed by atoms with van der Waals surface area (Å²) in [5.41, 5.74) is 7.23. The molecule has 1 aliphatic carbocycles. The lowest BCUT2D eigenvalue weighted by Crippen LogP contribution is -2.06. The van der Waals surface area contributed by atoms with Crippen LogP contribution in [0.15, 0.2) is 22.7 Å².